The molecule has 3 fully saturated rings. The quantitative estimate of drug-likeness (QED) is 0.707. The third-order valence-electron chi connectivity index (χ3n) is 7.19. The first-order chi connectivity index (χ1) is 13.9. The number of rotatable bonds is 2. The molecule has 0 bridgehead atoms. The number of ether oxygens (including phenoxy) is 3. The van der Waals surface area contributed by atoms with Gasteiger partial charge in [-0.1, -0.05) is 25.2 Å². The predicted octanol–water partition coefficient (Wildman–Crippen LogP) is 2.88. The van der Waals surface area contributed by atoms with Gasteiger partial charge in [-0.3, -0.25) is 9.59 Å². The first-order valence-electron chi connectivity index (χ1n) is 9.82. The molecule has 2 aliphatic heterocycles. The molecule has 0 N–H and O–H groups in total. The van der Waals surface area contributed by atoms with Crippen molar-refractivity contribution in [3.63, 3.8) is 0 Å². The molecule has 2 aliphatic carbocycles. The number of ketones is 1. The highest BCUT2D eigenvalue weighted by Crippen LogP contribution is 2.66. The van der Waals surface area contributed by atoms with Gasteiger partial charge in [-0.25, -0.2) is 4.79 Å². The number of cyclic esters (lactones) is 1. The molecule has 0 radical (unpaired) electrons. The molecule has 152 valence electrons. The van der Waals surface area contributed by atoms with Gasteiger partial charge in [0.05, 0.1) is 29.5 Å². The topological polar surface area (TPSA) is 92.0 Å². The van der Waals surface area contributed by atoms with E-state index < -0.39 is 29.0 Å². The van der Waals surface area contributed by atoms with Crippen molar-refractivity contribution in [2.75, 3.05) is 6.61 Å². The first-order valence-corrected chi connectivity index (χ1v) is 9.82. The van der Waals surface area contributed by atoms with E-state index in [4.69, 9.17) is 18.6 Å². The van der Waals surface area contributed by atoms with Crippen molar-refractivity contribution in [2.24, 2.45) is 22.7 Å². The van der Waals surface area contributed by atoms with Gasteiger partial charge in [-0.05, 0) is 12.5 Å². The summed E-state index contributed by atoms with van der Waals surface area (Å²) in [6.07, 6.45) is 8.16. The van der Waals surface area contributed by atoms with Crippen LogP contribution in [0.3, 0.4) is 0 Å². The summed E-state index contributed by atoms with van der Waals surface area (Å²) in [7, 11) is 0. The zero-order valence-corrected chi connectivity index (χ0v) is 16.3. The molecule has 0 aromatic carbocycles. The van der Waals surface area contributed by atoms with E-state index in [1.54, 1.807) is 18.6 Å². The second kappa shape index (κ2) is 6.16. The van der Waals surface area contributed by atoms with Gasteiger partial charge in [0.1, 0.15) is 12.4 Å². The van der Waals surface area contributed by atoms with Crippen LogP contribution in [0.1, 0.15) is 38.4 Å². The van der Waals surface area contributed by atoms with Gasteiger partial charge >= 0.3 is 11.9 Å². The normalized spacial score (nSPS) is 40.4. The number of furan rings is 1. The predicted molar refractivity (Wildman–Crippen MR) is 98.0 cm³/mol. The number of hydrogen-bond donors (Lipinski definition) is 0. The van der Waals surface area contributed by atoms with Crippen LogP contribution in [0.4, 0.5) is 0 Å². The molecule has 0 amide bonds. The number of fused-ring (bicyclic) bond motifs is 1. The van der Waals surface area contributed by atoms with Gasteiger partial charge in [0.15, 0.2) is 0 Å². The third-order valence-corrected chi connectivity index (χ3v) is 7.19. The summed E-state index contributed by atoms with van der Waals surface area (Å²) in [4.78, 5) is 37.6. The SMILES string of the molecule is CC(=O)O[C@H]1O[C@H](c2ccoc2)C[C@]12[C@H](C)C(=O)C[C@@]13COC(=O)C1=CC=C[C@H]32. The Morgan fingerprint density at radius 2 is 2.14 bits per heavy atom. The van der Waals surface area contributed by atoms with Crippen molar-refractivity contribution in [3.05, 3.63) is 48.0 Å². The third kappa shape index (κ3) is 2.37. The summed E-state index contributed by atoms with van der Waals surface area (Å²) in [5.74, 6) is -1.49. The Kier molecular flexibility index (Phi) is 3.90. The van der Waals surface area contributed by atoms with Crippen LogP contribution in [0.25, 0.3) is 0 Å². The Balaban J connectivity index is 1.66. The molecule has 3 heterocycles. The number of Topliss-reactive ketones (excluding diaryl/α,β-unsaturated/α-hetero) is 1. The standard InChI is InChI=1S/C22H22O7/c1-12-16(24)8-21-11-27-19(25)15(21)4-3-5-18(21)22(12)9-17(14-6-7-26-10-14)29-20(22)28-13(2)23/h3-7,10,12,17-18,20H,8-9,11H2,1-2H3/t12-,17+,18-,20+,21-,22-/m1/s1. The van der Waals surface area contributed by atoms with Crippen LogP contribution in [0.2, 0.25) is 0 Å². The fourth-order valence-electron chi connectivity index (χ4n) is 5.81. The lowest BCUT2D eigenvalue weighted by Crippen LogP contribution is -2.59. The van der Waals surface area contributed by atoms with Crippen molar-refractivity contribution < 1.29 is 33.0 Å². The summed E-state index contributed by atoms with van der Waals surface area (Å²) >= 11 is 0. The molecule has 6 atom stereocenters. The van der Waals surface area contributed by atoms with Gasteiger partial charge in [-0.2, -0.15) is 0 Å². The highest BCUT2D eigenvalue weighted by Gasteiger charge is 2.70. The summed E-state index contributed by atoms with van der Waals surface area (Å²) in [5.41, 5.74) is -0.208. The van der Waals surface area contributed by atoms with Crippen molar-refractivity contribution in [2.45, 2.75) is 39.1 Å². The number of carbonyl (C=O) groups excluding carboxylic acids is 3. The Morgan fingerprint density at radius 3 is 2.86 bits per heavy atom. The van der Waals surface area contributed by atoms with Crippen LogP contribution >= 0.6 is 0 Å². The second-order valence-corrected chi connectivity index (χ2v) is 8.48. The van der Waals surface area contributed by atoms with E-state index in [-0.39, 0.29) is 36.8 Å². The monoisotopic (exact) mass is 398 g/mol. The average Bonchev–Trinajstić information content (AvgIpc) is 3.39. The van der Waals surface area contributed by atoms with E-state index in [0.29, 0.717) is 12.0 Å². The Morgan fingerprint density at radius 1 is 1.31 bits per heavy atom. The molecular weight excluding hydrogens is 376 g/mol. The van der Waals surface area contributed by atoms with Gasteiger partial charge < -0.3 is 18.6 Å². The minimum Gasteiger partial charge on any atom is -0.472 e. The average molecular weight is 398 g/mol. The van der Waals surface area contributed by atoms with Crippen molar-refractivity contribution >= 4 is 17.7 Å². The van der Waals surface area contributed by atoms with E-state index in [2.05, 4.69) is 0 Å². The summed E-state index contributed by atoms with van der Waals surface area (Å²) < 4.78 is 22.5. The molecular formula is C22H22O7. The van der Waals surface area contributed by atoms with Crippen molar-refractivity contribution in [1.82, 2.24) is 0 Å². The molecule has 7 nitrogen and oxygen atoms in total. The van der Waals surface area contributed by atoms with Crippen LogP contribution in [0, 0.1) is 22.7 Å². The van der Waals surface area contributed by atoms with E-state index in [1.807, 2.05) is 25.1 Å². The largest absolute Gasteiger partial charge is 0.472 e. The van der Waals surface area contributed by atoms with E-state index >= 15 is 0 Å². The van der Waals surface area contributed by atoms with Crippen LogP contribution in [-0.4, -0.2) is 30.6 Å². The van der Waals surface area contributed by atoms with Crippen LogP contribution in [0.15, 0.2) is 46.8 Å². The van der Waals surface area contributed by atoms with Crippen LogP contribution < -0.4 is 0 Å². The number of esters is 2. The summed E-state index contributed by atoms with van der Waals surface area (Å²) in [6, 6.07) is 1.81. The Hall–Kier alpha value is -2.67. The van der Waals surface area contributed by atoms with Crippen molar-refractivity contribution in [1.29, 1.82) is 0 Å². The highest BCUT2D eigenvalue weighted by molar-refractivity contribution is 5.96. The second-order valence-electron chi connectivity index (χ2n) is 8.48. The Labute approximate surface area is 167 Å². The molecule has 1 saturated carbocycles. The molecule has 4 aliphatic rings. The smallest absolute Gasteiger partial charge is 0.334 e. The maximum Gasteiger partial charge on any atom is 0.334 e. The molecule has 1 aromatic heterocycles. The molecule has 5 rings (SSSR count). The maximum atomic E-state index is 13.2. The molecule has 2 spiro atoms. The van der Waals surface area contributed by atoms with E-state index in [9.17, 15) is 14.4 Å². The lowest BCUT2D eigenvalue weighted by Gasteiger charge is -2.54. The number of hydrogen-bond acceptors (Lipinski definition) is 7. The minimum atomic E-state index is -0.916. The van der Waals surface area contributed by atoms with Gasteiger partial charge in [0, 0.05) is 36.3 Å². The lowest BCUT2D eigenvalue weighted by atomic mass is 9.47. The molecule has 1 aromatic rings. The summed E-state index contributed by atoms with van der Waals surface area (Å²) in [5, 5.41) is 0. The minimum absolute atomic E-state index is 0.0225. The van der Waals surface area contributed by atoms with E-state index in [1.165, 1.54) is 6.92 Å². The molecule has 0 unspecified atom stereocenters. The summed E-state index contributed by atoms with van der Waals surface area (Å²) in [6.45, 7) is 3.35. The Bertz CT molecular complexity index is 942. The van der Waals surface area contributed by atoms with Crippen molar-refractivity contribution in [3.8, 4) is 0 Å². The van der Waals surface area contributed by atoms with Gasteiger partial charge in [0.25, 0.3) is 0 Å². The molecule has 2 saturated heterocycles. The number of allylic oxidation sites excluding steroid dienone is 3. The van der Waals surface area contributed by atoms with Crippen LogP contribution in [0.5, 0.6) is 0 Å². The number of carbonyl (C=O) groups is 3. The van der Waals surface area contributed by atoms with Gasteiger partial charge in [0.2, 0.25) is 6.29 Å². The fraction of sp³-hybridized carbons (Fsp3) is 0.500. The molecule has 7 heteroatoms. The first kappa shape index (κ1) is 18.4. The fourth-order valence-corrected chi connectivity index (χ4v) is 5.81. The molecule has 29 heavy (non-hydrogen) atoms. The van der Waals surface area contributed by atoms with E-state index in [0.717, 1.165) is 5.56 Å². The highest BCUT2D eigenvalue weighted by atomic mass is 16.7. The maximum absolute atomic E-state index is 13.2. The lowest BCUT2D eigenvalue weighted by molar-refractivity contribution is -0.214. The zero-order valence-electron chi connectivity index (χ0n) is 16.3. The van der Waals surface area contributed by atoms with Crippen LogP contribution in [-0.2, 0) is 28.6 Å². The zero-order chi connectivity index (χ0) is 20.4. The van der Waals surface area contributed by atoms with Gasteiger partial charge in [-0.15, -0.1) is 0 Å².